The molecule has 2 rings (SSSR count). The van der Waals surface area contributed by atoms with Crippen molar-refractivity contribution < 1.29 is 14.7 Å². The summed E-state index contributed by atoms with van der Waals surface area (Å²) >= 11 is 0. The Balaban J connectivity index is 2.07. The molecule has 0 bridgehead atoms. The second kappa shape index (κ2) is 4.57. The topological polar surface area (TPSA) is 66.4 Å². The quantitative estimate of drug-likeness (QED) is 0.834. The van der Waals surface area contributed by atoms with Crippen molar-refractivity contribution in [3.8, 4) is 0 Å². The smallest absolute Gasteiger partial charge is 0.335 e. The van der Waals surface area contributed by atoms with Crippen LogP contribution < -0.4 is 5.32 Å². The van der Waals surface area contributed by atoms with Gasteiger partial charge < -0.3 is 10.4 Å². The minimum absolute atomic E-state index is 0.136. The summed E-state index contributed by atoms with van der Waals surface area (Å²) in [4.78, 5) is 22.6. The van der Waals surface area contributed by atoms with Gasteiger partial charge in [0.15, 0.2) is 0 Å². The molecular formula is C13H15NO3. The van der Waals surface area contributed by atoms with Crippen LogP contribution in [0.1, 0.15) is 40.5 Å². The summed E-state index contributed by atoms with van der Waals surface area (Å²) in [5, 5.41) is 11.7. The van der Waals surface area contributed by atoms with Gasteiger partial charge in [-0.05, 0) is 43.9 Å². The first-order chi connectivity index (χ1) is 8.08. The highest BCUT2D eigenvalue weighted by atomic mass is 16.4. The minimum atomic E-state index is -1.02. The Morgan fingerprint density at radius 1 is 1.35 bits per heavy atom. The van der Waals surface area contributed by atoms with Gasteiger partial charge in [0.1, 0.15) is 0 Å². The lowest BCUT2D eigenvalue weighted by Gasteiger charge is -2.12. The van der Waals surface area contributed by atoms with Crippen LogP contribution in [0.4, 0.5) is 0 Å². The fourth-order valence-electron chi connectivity index (χ4n) is 1.80. The standard InChI is InChI=1S/C13H15NO3/c1-8(9-5-6-9)14-12(15)10-3-2-4-11(7-10)13(16)17/h2-4,7-9H,5-6H2,1H3,(H,14,15)(H,16,17). The maximum absolute atomic E-state index is 11.9. The largest absolute Gasteiger partial charge is 0.478 e. The zero-order valence-electron chi connectivity index (χ0n) is 9.64. The van der Waals surface area contributed by atoms with Crippen molar-refractivity contribution in [2.24, 2.45) is 5.92 Å². The minimum Gasteiger partial charge on any atom is -0.478 e. The van der Waals surface area contributed by atoms with E-state index in [4.69, 9.17) is 5.11 Å². The average molecular weight is 233 g/mol. The third-order valence-electron chi connectivity index (χ3n) is 3.06. The average Bonchev–Trinajstić information content (AvgIpc) is 3.12. The summed E-state index contributed by atoms with van der Waals surface area (Å²) in [6, 6.07) is 6.25. The molecule has 0 aliphatic heterocycles. The number of carbonyl (C=O) groups excluding carboxylic acids is 1. The van der Waals surface area contributed by atoms with Crippen LogP contribution in [0, 0.1) is 5.92 Å². The summed E-state index contributed by atoms with van der Waals surface area (Å²) < 4.78 is 0. The van der Waals surface area contributed by atoms with E-state index < -0.39 is 5.97 Å². The van der Waals surface area contributed by atoms with E-state index in [1.807, 2.05) is 6.92 Å². The lowest BCUT2D eigenvalue weighted by molar-refractivity contribution is 0.0697. The number of aromatic carboxylic acids is 1. The Hall–Kier alpha value is -1.84. The van der Waals surface area contributed by atoms with Crippen molar-refractivity contribution in [1.29, 1.82) is 0 Å². The SMILES string of the molecule is CC(NC(=O)c1cccc(C(=O)O)c1)C1CC1. The zero-order valence-corrected chi connectivity index (χ0v) is 9.64. The van der Waals surface area contributed by atoms with Crippen LogP contribution in [-0.2, 0) is 0 Å². The highest BCUT2D eigenvalue weighted by molar-refractivity contribution is 5.97. The summed E-state index contributed by atoms with van der Waals surface area (Å²) in [5.41, 5.74) is 0.536. The number of rotatable bonds is 4. The molecule has 1 aliphatic rings. The van der Waals surface area contributed by atoms with Crippen LogP contribution in [0.5, 0.6) is 0 Å². The maximum Gasteiger partial charge on any atom is 0.335 e. The molecular weight excluding hydrogens is 218 g/mol. The maximum atomic E-state index is 11.9. The fraction of sp³-hybridized carbons (Fsp3) is 0.385. The molecule has 1 aromatic carbocycles. The van der Waals surface area contributed by atoms with Crippen LogP contribution in [-0.4, -0.2) is 23.0 Å². The Morgan fingerprint density at radius 3 is 2.59 bits per heavy atom. The zero-order chi connectivity index (χ0) is 12.4. The second-order valence-electron chi connectivity index (χ2n) is 4.49. The number of hydrogen-bond donors (Lipinski definition) is 2. The van der Waals surface area contributed by atoms with Gasteiger partial charge in [-0.3, -0.25) is 4.79 Å². The lowest BCUT2D eigenvalue weighted by atomic mass is 10.1. The summed E-state index contributed by atoms with van der Waals surface area (Å²) in [5.74, 6) is -0.635. The molecule has 0 aromatic heterocycles. The number of nitrogens with one attached hydrogen (secondary N) is 1. The number of carboxylic acids is 1. The van der Waals surface area contributed by atoms with Gasteiger partial charge in [-0.15, -0.1) is 0 Å². The van der Waals surface area contributed by atoms with Gasteiger partial charge in [0.2, 0.25) is 0 Å². The van der Waals surface area contributed by atoms with Crippen LogP contribution in [0.25, 0.3) is 0 Å². The van der Waals surface area contributed by atoms with Crippen molar-refractivity contribution in [3.63, 3.8) is 0 Å². The number of carbonyl (C=O) groups is 2. The first kappa shape index (κ1) is 11.6. The molecule has 1 unspecified atom stereocenters. The first-order valence-electron chi connectivity index (χ1n) is 5.72. The molecule has 0 spiro atoms. The van der Waals surface area contributed by atoms with Crippen LogP contribution in [0.3, 0.4) is 0 Å². The highest BCUT2D eigenvalue weighted by Gasteiger charge is 2.29. The van der Waals surface area contributed by atoms with E-state index in [-0.39, 0.29) is 17.5 Å². The third-order valence-corrected chi connectivity index (χ3v) is 3.06. The lowest BCUT2D eigenvalue weighted by Crippen LogP contribution is -2.34. The van der Waals surface area contributed by atoms with E-state index in [1.165, 1.54) is 12.1 Å². The fourth-order valence-corrected chi connectivity index (χ4v) is 1.80. The van der Waals surface area contributed by atoms with Crippen LogP contribution in [0.2, 0.25) is 0 Å². The van der Waals surface area contributed by atoms with Gasteiger partial charge in [-0.2, -0.15) is 0 Å². The molecule has 0 saturated heterocycles. The Kier molecular flexibility index (Phi) is 3.13. The number of amides is 1. The monoisotopic (exact) mass is 233 g/mol. The van der Waals surface area contributed by atoms with Gasteiger partial charge in [0.25, 0.3) is 5.91 Å². The molecule has 0 heterocycles. The molecule has 0 radical (unpaired) electrons. The molecule has 2 N–H and O–H groups in total. The van der Waals surface area contributed by atoms with E-state index in [0.717, 1.165) is 12.8 Å². The molecule has 4 heteroatoms. The van der Waals surface area contributed by atoms with Gasteiger partial charge >= 0.3 is 5.97 Å². The Labute approximate surface area is 99.6 Å². The van der Waals surface area contributed by atoms with E-state index in [0.29, 0.717) is 11.5 Å². The van der Waals surface area contributed by atoms with Crippen LogP contribution >= 0.6 is 0 Å². The molecule has 1 aliphatic carbocycles. The van der Waals surface area contributed by atoms with Gasteiger partial charge in [-0.1, -0.05) is 6.07 Å². The van der Waals surface area contributed by atoms with E-state index in [9.17, 15) is 9.59 Å². The van der Waals surface area contributed by atoms with E-state index in [1.54, 1.807) is 12.1 Å². The van der Waals surface area contributed by atoms with Gasteiger partial charge in [0, 0.05) is 11.6 Å². The third kappa shape index (κ3) is 2.84. The van der Waals surface area contributed by atoms with E-state index >= 15 is 0 Å². The molecule has 4 nitrogen and oxygen atoms in total. The van der Waals surface area contributed by atoms with Gasteiger partial charge in [0.05, 0.1) is 5.56 Å². The molecule has 1 saturated carbocycles. The van der Waals surface area contributed by atoms with E-state index in [2.05, 4.69) is 5.32 Å². The van der Waals surface area contributed by atoms with Crippen molar-refractivity contribution in [2.75, 3.05) is 0 Å². The summed E-state index contributed by atoms with van der Waals surface area (Å²) in [7, 11) is 0. The second-order valence-corrected chi connectivity index (χ2v) is 4.49. The van der Waals surface area contributed by atoms with Crippen LogP contribution in [0.15, 0.2) is 24.3 Å². The van der Waals surface area contributed by atoms with Crippen molar-refractivity contribution in [1.82, 2.24) is 5.32 Å². The Morgan fingerprint density at radius 2 is 2.00 bits per heavy atom. The first-order valence-corrected chi connectivity index (χ1v) is 5.72. The predicted molar refractivity (Wildman–Crippen MR) is 63.1 cm³/mol. The molecule has 1 aromatic rings. The van der Waals surface area contributed by atoms with Crippen molar-refractivity contribution >= 4 is 11.9 Å². The van der Waals surface area contributed by atoms with Crippen molar-refractivity contribution in [2.45, 2.75) is 25.8 Å². The molecule has 17 heavy (non-hydrogen) atoms. The number of hydrogen-bond acceptors (Lipinski definition) is 2. The number of carboxylic acid groups (broad SMARTS) is 1. The number of benzene rings is 1. The predicted octanol–water partition coefficient (Wildman–Crippen LogP) is 1.91. The summed E-state index contributed by atoms with van der Waals surface area (Å²) in [6.07, 6.45) is 2.33. The molecule has 90 valence electrons. The Bertz CT molecular complexity index is 452. The van der Waals surface area contributed by atoms with Gasteiger partial charge in [-0.25, -0.2) is 4.79 Å². The summed E-state index contributed by atoms with van der Waals surface area (Å²) in [6.45, 7) is 1.98. The molecule has 1 amide bonds. The molecule has 1 atom stereocenters. The normalized spacial score (nSPS) is 16.3. The molecule has 1 fully saturated rings. The van der Waals surface area contributed by atoms with Crippen molar-refractivity contribution in [3.05, 3.63) is 35.4 Å². The highest BCUT2D eigenvalue weighted by Crippen LogP contribution is 2.32.